The van der Waals surface area contributed by atoms with E-state index in [9.17, 15) is 15.0 Å². The monoisotopic (exact) mass is 499 g/mol. The lowest BCUT2D eigenvalue weighted by Gasteiger charge is -2.35. The van der Waals surface area contributed by atoms with E-state index in [0.717, 1.165) is 27.6 Å². The van der Waals surface area contributed by atoms with Crippen molar-refractivity contribution in [3.8, 4) is 0 Å². The Labute approximate surface area is 216 Å². The second kappa shape index (κ2) is 10.6. The van der Waals surface area contributed by atoms with Crippen molar-refractivity contribution in [3.63, 3.8) is 0 Å². The number of H-pyrrole nitrogens is 1. The molecule has 8 heteroatoms. The molecule has 1 aliphatic heterocycles. The number of aliphatic hydroxyl groups excluding tert-OH is 2. The zero-order chi connectivity index (χ0) is 25.9. The van der Waals surface area contributed by atoms with Gasteiger partial charge in [-0.2, -0.15) is 5.10 Å². The minimum atomic E-state index is -1.14. The minimum absolute atomic E-state index is 0.208. The highest BCUT2D eigenvalue weighted by atomic mass is 16.3. The van der Waals surface area contributed by atoms with Crippen LogP contribution in [0, 0.1) is 0 Å². The van der Waals surface area contributed by atoms with Crippen molar-refractivity contribution in [3.05, 3.63) is 95.6 Å². The van der Waals surface area contributed by atoms with Crippen LogP contribution < -0.4 is 5.73 Å². The van der Waals surface area contributed by atoms with Crippen LogP contribution in [0.2, 0.25) is 0 Å². The topological polar surface area (TPSA) is 119 Å². The summed E-state index contributed by atoms with van der Waals surface area (Å²) in [4.78, 5) is 17.5. The van der Waals surface area contributed by atoms with Gasteiger partial charge in [-0.3, -0.25) is 5.10 Å². The quantitative estimate of drug-likeness (QED) is 0.311. The maximum Gasteiger partial charge on any atom is 0.321 e. The molecule has 3 aromatic carbocycles. The number of hydrogen-bond donors (Lipinski definition) is 4. The van der Waals surface area contributed by atoms with Gasteiger partial charge in [0.25, 0.3) is 0 Å². The van der Waals surface area contributed by atoms with Gasteiger partial charge in [0.2, 0.25) is 0 Å². The summed E-state index contributed by atoms with van der Waals surface area (Å²) in [6, 6.07) is 23.9. The molecule has 2 heterocycles. The maximum absolute atomic E-state index is 14.1. The number of rotatable bonds is 7. The molecule has 0 bridgehead atoms. The Morgan fingerprint density at radius 2 is 1.41 bits per heavy atom. The van der Waals surface area contributed by atoms with E-state index in [1.807, 2.05) is 85.8 Å². The summed E-state index contributed by atoms with van der Waals surface area (Å²) in [6.45, 7) is 2.57. The van der Waals surface area contributed by atoms with E-state index < -0.39 is 24.3 Å². The summed E-state index contributed by atoms with van der Waals surface area (Å²) in [5.41, 5.74) is 9.70. The van der Waals surface area contributed by atoms with Gasteiger partial charge in [-0.15, -0.1) is 0 Å². The smallest absolute Gasteiger partial charge is 0.321 e. The van der Waals surface area contributed by atoms with Gasteiger partial charge in [0.05, 0.1) is 17.6 Å². The minimum Gasteiger partial charge on any atom is -0.388 e. The van der Waals surface area contributed by atoms with Crippen molar-refractivity contribution in [2.75, 3.05) is 12.3 Å². The Morgan fingerprint density at radius 1 is 0.838 bits per heavy atom. The average molecular weight is 500 g/mol. The summed E-state index contributed by atoms with van der Waals surface area (Å²) < 4.78 is 0. The molecule has 4 aromatic rings. The molecule has 2 amide bonds. The maximum atomic E-state index is 14.1. The van der Waals surface area contributed by atoms with Gasteiger partial charge in [0.1, 0.15) is 12.2 Å². The third kappa shape index (κ3) is 5.03. The molecule has 1 fully saturated rings. The van der Waals surface area contributed by atoms with Crippen LogP contribution in [0.25, 0.3) is 10.9 Å². The molecular weight excluding hydrogens is 466 g/mol. The lowest BCUT2D eigenvalue weighted by atomic mass is 9.91. The van der Waals surface area contributed by atoms with E-state index in [-0.39, 0.29) is 12.6 Å². The number of aromatic amines is 1. The zero-order valence-electron chi connectivity index (χ0n) is 20.9. The molecule has 0 saturated carbocycles. The van der Waals surface area contributed by atoms with Crippen molar-refractivity contribution < 1.29 is 15.0 Å². The third-order valence-electron chi connectivity index (χ3n) is 7.36. The standard InChI is InChI=1S/C29H33N5O3/c1-2-33-24(16-19-9-5-3-6-10-19)26(35)27(36)25(17-20-11-7-4-8-12-20)34(29(33)37)18-21-13-14-23-22(15-21)28(30)32-31-23/h3-15,24-27,35-36H,2,16-18H2,1H3,(H3,30,31,32). The number of fused-ring (bicyclic) bond motifs is 1. The number of aliphatic hydroxyl groups is 2. The number of benzene rings is 3. The number of nitrogen functional groups attached to an aromatic ring is 1. The number of nitrogens with one attached hydrogen (secondary N) is 1. The second-order valence-electron chi connectivity index (χ2n) is 9.68. The highest BCUT2D eigenvalue weighted by Gasteiger charge is 2.45. The van der Waals surface area contributed by atoms with Crippen molar-refractivity contribution >= 4 is 22.8 Å². The van der Waals surface area contributed by atoms with E-state index in [0.29, 0.717) is 25.2 Å². The van der Waals surface area contributed by atoms with Gasteiger partial charge in [0, 0.05) is 18.5 Å². The van der Waals surface area contributed by atoms with Crippen molar-refractivity contribution in [2.45, 2.75) is 50.6 Å². The molecule has 1 saturated heterocycles. The predicted octanol–water partition coefficient (Wildman–Crippen LogP) is 3.35. The van der Waals surface area contributed by atoms with Crippen molar-refractivity contribution in [2.24, 2.45) is 0 Å². The third-order valence-corrected chi connectivity index (χ3v) is 7.36. The molecule has 8 nitrogen and oxygen atoms in total. The van der Waals surface area contributed by atoms with Crippen LogP contribution in [0.5, 0.6) is 0 Å². The number of hydrogen-bond acceptors (Lipinski definition) is 5. The lowest BCUT2D eigenvalue weighted by Crippen LogP contribution is -2.50. The SMILES string of the molecule is CCN1C(=O)N(Cc2ccc3[nH]nc(N)c3c2)C(Cc2ccccc2)C(O)C(O)C1Cc1ccccc1. The summed E-state index contributed by atoms with van der Waals surface area (Å²) in [7, 11) is 0. The van der Waals surface area contributed by atoms with Gasteiger partial charge in [0.15, 0.2) is 5.82 Å². The van der Waals surface area contributed by atoms with Gasteiger partial charge in [-0.05, 0) is 48.6 Å². The average Bonchev–Trinajstić information content (AvgIpc) is 3.28. The number of carbonyl (C=O) groups is 1. The van der Waals surface area contributed by atoms with Gasteiger partial charge < -0.3 is 25.7 Å². The number of anilines is 1. The molecule has 192 valence electrons. The molecule has 1 aromatic heterocycles. The Bertz CT molecular complexity index is 1340. The largest absolute Gasteiger partial charge is 0.388 e. The van der Waals surface area contributed by atoms with E-state index in [1.165, 1.54) is 0 Å². The van der Waals surface area contributed by atoms with Gasteiger partial charge >= 0.3 is 6.03 Å². The number of amides is 2. The first-order chi connectivity index (χ1) is 18.0. The fourth-order valence-electron chi connectivity index (χ4n) is 5.38. The van der Waals surface area contributed by atoms with Crippen LogP contribution >= 0.6 is 0 Å². The number of urea groups is 1. The number of likely N-dealkylation sites (N-methyl/N-ethyl adjacent to an activating group) is 1. The molecule has 0 radical (unpaired) electrons. The summed E-state index contributed by atoms with van der Waals surface area (Å²) in [5, 5.41) is 30.8. The molecule has 4 unspecified atom stereocenters. The highest BCUT2D eigenvalue weighted by Crippen LogP contribution is 2.29. The summed E-state index contributed by atoms with van der Waals surface area (Å²) in [6.07, 6.45) is -1.40. The molecule has 4 atom stereocenters. The normalized spacial score (nSPS) is 22.4. The highest BCUT2D eigenvalue weighted by molar-refractivity contribution is 5.89. The Hall–Kier alpha value is -3.88. The number of carbonyl (C=O) groups excluding carboxylic acids is 1. The first-order valence-corrected chi connectivity index (χ1v) is 12.7. The number of aromatic nitrogens is 2. The van der Waals surface area contributed by atoms with Crippen molar-refractivity contribution in [1.82, 2.24) is 20.0 Å². The fourth-order valence-corrected chi connectivity index (χ4v) is 5.38. The van der Waals surface area contributed by atoms with E-state index >= 15 is 0 Å². The first-order valence-electron chi connectivity index (χ1n) is 12.7. The van der Waals surface area contributed by atoms with E-state index in [1.54, 1.807) is 9.80 Å². The predicted molar refractivity (Wildman–Crippen MR) is 144 cm³/mol. The molecule has 37 heavy (non-hydrogen) atoms. The van der Waals surface area contributed by atoms with Crippen molar-refractivity contribution in [1.29, 1.82) is 0 Å². The Kier molecular flexibility index (Phi) is 7.12. The van der Waals surface area contributed by atoms with E-state index in [2.05, 4.69) is 10.2 Å². The Morgan fingerprint density at radius 3 is 1.97 bits per heavy atom. The van der Waals surface area contributed by atoms with Crippen LogP contribution in [0.3, 0.4) is 0 Å². The molecule has 5 N–H and O–H groups in total. The summed E-state index contributed by atoms with van der Waals surface area (Å²) >= 11 is 0. The number of nitrogens with zero attached hydrogens (tertiary/aromatic N) is 3. The van der Waals surface area contributed by atoms with Crippen LogP contribution in [0.15, 0.2) is 78.9 Å². The molecular formula is C29H33N5O3. The number of nitrogens with two attached hydrogens (primary N) is 1. The molecule has 0 spiro atoms. The molecule has 1 aliphatic rings. The fraction of sp³-hybridized carbons (Fsp3) is 0.310. The van der Waals surface area contributed by atoms with Crippen LogP contribution in [0.1, 0.15) is 23.6 Å². The molecule has 0 aliphatic carbocycles. The van der Waals surface area contributed by atoms with Crippen LogP contribution in [-0.4, -0.2) is 67.1 Å². The first kappa shape index (κ1) is 24.8. The zero-order valence-corrected chi connectivity index (χ0v) is 20.9. The van der Waals surface area contributed by atoms with Gasteiger partial charge in [-0.25, -0.2) is 4.79 Å². The Balaban J connectivity index is 1.54. The van der Waals surface area contributed by atoms with E-state index in [4.69, 9.17) is 5.73 Å². The van der Waals surface area contributed by atoms with Crippen LogP contribution in [-0.2, 0) is 19.4 Å². The lowest BCUT2D eigenvalue weighted by molar-refractivity contribution is -0.0398. The van der Waals surface area contributed by atoms with Gasteiger partial charge in [-0.1, -0.05) is 66.7 Å². The van der Waals surface area contributed by atoms with Crippen LogP contribution in [0.4, 0.5) is 10.6 Å². The molecule has 5 rings (SSSR count). The summed E-state index contributed by atoms with van der Waals surface area (Å²) in [5.74, 6) is 0.397. The second-order valence-corrected chi connectivity index (χ2v) is 9.68.